The van der Waals surface area contributed by atoms with Crippen molar-refractivity contribution in [1.82, 2.24) is 5.32 Å². The lowest BCUT2D eigenvalue weighted by molar-refractivity contribution is 0.305. The highest BCUT2D eigenvalue weighted by atomic mass is 31.2. The number of unbranched alkanes of at least 4 members (excludes halogenated alkanes) is 2. The zero-order valence-corrected chi connectivity index (χ0v) is 19.5. The number of halogens is 1. The summed E-state index contributed by atoms with van der Waals surface area (Å²) in [6.07, 6.45) is 5.81. The van der Waals surface area contributed by atoms with E-state index in [1.807, 2.05) is 42.5 Å². The van der Waals surface area contributed by atoms with Crippen LogP contribution < -0.4 is 10.1 Å². The molecule has 0 saturated heterocycles. The van der Waals surface area contributed by atoms with Crippen molar-refractivity contribution in [2.45, 2.75) is 38.6 Å². The molecule has 0 fully saturated rings. The van der Waals surface area contributed by atoms with Crippen molar-refractivity contribution in [1.29, 1.82) is 0 Å². The first-order valence-corrected chi connectivity index (χ1v) is 13.0. The van der Waals surface area contributed by atoms with Crippen LogP contribution in [0.5, 0.6) is 5.75 Å². The maximum atomic E-state index is 13.0. The summed E-state index contributed by atoms with van der Waals surface area (Å²) in [7, 11) is -3.94. The van der Waals surface area contributed by atoms with Crippen molar-refractivity contribution in [3.8, 4) is 17.1 Å². The van der Waals surface area contributed by atoms with Crippen LogP contribution in [0.1, 0.15) is 36.8 Å². The number of benzene rings is 2. The molecule has 0 saturated carbocycles. The van der Waals surface area contributed by atoms with E-state index < -0.39 is 7.60 Å². The lowest BCUT2D eigenvalue weighted by atomic mass is 10.1. The minimum atomic E-state index is -3.94. The molecule has 0 atom stereocenters. The Hall–Kier alpha value is -2.44. The summed E-state index contributed by atoms with van der Waals surface area (Å²) in [4.78, 5) is 17.9. The third-order valence-corrected chi connectivity index (χ3v) is 6.14. The van der Waals surface area contributed by atoms with Gasteiger partial charge in [-0.15, -0.1) is 0 Å². The first-order chi connectivity index (χ1) is 15.9. The highest BCUT2D eigenvalue weighted by Gasteiger charge is 2.12. The Kier molecular flexibility index (Phi) is 9.70. The van der Waals surface area contributed by atoms with Gasteiger partial charge in [-0.2, -0.15) is 0 Å². The number of rotatable bonds is 14. The molecule has 0 aliphatic heterocycles. The van der Waals surface area contributed by atoms with Crippen LogP contribution in [0.25, 0.3) is 11.3 Å². The van der Waals surface area contributed by atoms with Gasteiger partial charge >= 0.3 is 7.60 Å². The van der Waals surface area contributed by atoms with Gasteiger partial charge in [0.25, 0.3) is 0 Å². The van der Waals surface area contributed by atoms with Crippen LogP contribution in [0, 0.1) is 5.82 Å². The van der Waals surface area contributed by atoms with Crippen LogP contribution in [0.2, 0.25) is 0 Å². The van der Waals surface area contributed by atoms with Gasteiger partial charge in [0.15, 0.2) is 0 Å². The molecule has 3 aromatic rings. The lowest BCUT2D eigenvalue weighted by Gasteiger charge is -2.13. The van der Waals surface area contributed by atoms with Crippen molar-refractivity contribution < 1.29 is 27.9 Å². The fraction of sp³-hybridized carbons (Fsp3) is 0.360. The summed E-state index contributed by atoms with van der Waals surface area (Å²) >= 11 is 0. The molecular weight excluding hydrogens is 444 g/mol. The van der Waals surface area contributed by atoms with Gasteiger partial charge in [0.1, 0.15) is 17.3 Å². The zero-order valence-electron chi connectivity index (χ0n) is 18.6. The van der Waals surface area contributed by atoms with E-state index in [0.717, 1.165) is 53.9 Å². The Morgan fingerprint density at radius 3 is 2.48 bits per heavy atom. The van der Waals surface area contributed by atoms with E-state index in [2.05, 4.69) is 5.32 Å². The number of hydrogen-bond acceptors (Lipinski definition) is 4. The standard InChI is InChI=1S/C25H31FNO5P/c26-22-11-8-20(9-12-22)6-2-1-3-15-31-25-13-10-21(18-23(25)24-7-4-16-32-24)19-27-14-5-17-33(28,29)30/h4,7-13,16,18,27H,1-3,5-6,14-15,17,19H2,(H2,28,29,30). The summed E-state index contributed by atoms with van der Waals surface area (Å²) in [6.45, 7) is 1.70. The van der Waals surface area contributed by atoms with Gasteiger partial charge in [-0.25, -0.2) is 4.39 Å². The summed E-state index contributed by atoms with van der Waals surface area (Å²) in [5.41, 5.74) is 3.05. The average Bonchev–Trinajstić information content (AvgIpc) is 3.32. The molecule has 0 amide bonds. The molecule has 3 rings (SSSR count). The van der Waals surface area contributed by atoms with Crippen molar-refractivity contribution in [2.75, 3.05) is 19.3 Å². The van der Waals surface area contributed by atoms with Gasteiger partial charge < -0.3 is 24.3 Å². The molecule has 2 aromatic carbocycles. The first-order valence-electron chi connectivity index (χ1n) is 11.2. The SMILES string of the molecule is O=P(O)(O)CCCNCc1ccc(OCCCCCc2ccc(F)cc2)c(-c2ccco2)c1. The van der Waals surface area contributed by atoms with Crippen molar-refractivity contribution >= 4 is 7.60 Å². The highest BCUT2D eigenvalue weighted by Crippen LogP contribution is 2.34. The van der Waals surface area contributed by atoms with Gasteiger partial charge in [0.05, 0.1) is 24.6 Å². The van der Waals surface area contributed by atoms with Crippen LogP contribution in [0.4, 0.5) is 4.39 Å². The Morgan fingerprint density at radius 2 is 1.76 bits per heavy atom. The molecule has 8 heteroatoms. The van der Waals surface area contributed by atoms with Gasteiger partial charge in [-0.1, -0.05) is 18.2 Å². The molecule has 0 bridgehead atoms. The third kappa shape index (κ3) is 9.14. The molecule has 0 aliphatic rings. The van der Waals surface area contributed by atoms with Crippen LogP contribution >= 0.6 is 7.60 Å². The zero-order chi connectivity index (χ0) is 23.5. The molecule has 6 nitrogen and oxygen atoms in total. The van der Waals surface area contributed by atoms with E-state index >= 15 is 0 Å². The van der Waals surface area contributed by atoms with E-state index in [1.165, 1.54) is 12.1 Å². The van der Waals surface area contributed by atoms with E-state index in [1.54, 1.807) is 6.26 Å². The smallest absolute Gasteiger partial charge is 0.325 e. The number of furan rings is 1. The molecule has 0 radical (unpaired) electrons. The van der Waals surface area contributed by atoms with Gasteiger partial charge in [0, 0.05) is 6.54 Å². The Morgan fingerprint density at radius 1 is 0.970 bits per heavy atom. The summed E-state index contributed by atoms with van der Waals surface area (Å²) in [5.74, 6) is 1.28. The molecule has 0 aliphatic carbocycles. The fourth-order valence-corrected chi connectivity index (χ4v) is 4.09. The van der Waals surface area contributed by atoms with Crippen molar-refractivity contribution in [3.63, 3.8) is 0 Å². The van der Waals surface area contributed by atoms with E-state index in [-0.39, 0.29) is 12.0 Å². The average molecular weight is 475 g/mol. The normalized spacial score (nSPS) is 11.6. The van der Waals surface area contributed by atoms with E-state index in [9.17, 15) is 8.96 Å². The van der Waals surface area contributed by atoms with Crippen LogP contribution in [0.3, 0.4) is 0 Å². The Balaban J connectivity index is 1.46. The minimum absolute atomic E-state index is 0.117. The van der Waals surface area contributed by atoms with Crippen LogP contribution in [-0.2, 0) is 17.5 Å². The Bertz CT molecular complexity index is 1020. The summed E-state index contributed by atoms with van der Waals surface area (Å²) in [5, 5.41) is 3.21. The topological polar surface area (TPSA) is 91.9 Å². The first kappa shape index (κ1) is 25.2. The number of aryl methyl sites for hydroxylation is 1. The molecule has 178 valence electrons. The van der Waals surface area contributed by atoms with Gasteiger partial charge in [-0.05, 0) is 86.2 Å². The number of nitrogens with one attached hydrogen (secondary N) is 1. The molecule has 1 aromatic heterocycles. The van der Waals surface area contributed by atoms with Gasteiger partial charge in [0.2, 0.25) is 0 Å². The number of hydrogen-bond donors (Lipinski definition) is 3. The third-order valence-electron chi connectivity index (χ3n) is 5.24. The monoisotopic (exact) mass is 475 g/mol. The lowest BCUT2D eigenvalue weighted by Crippen LogP contribution is -2.16. The fourth-order valence-electron chi connectivity index (χ4n) is 3.52. The quantitative estimate of drug-likeness (QED) is 0.210. The molecular formula is C25H31FNO5P. The minimum Gasteiger partial charge on any atom is -0.493 e. The van der Waals surface area contributed by atoms with Crippen molar-refractivity contribution in [3.05, 3.63) is 77.8 Å². The second-order valence-electron chi connectivity index (χ2n) is 8.01. The maximum absolute atomic E-state index is 13.0. The molecule has 0 unspecified atom stereocenters. The summed E-state index contributed by atoms with van der Waals surface area (Å²) < 4.78 is 35.5. The highest BCUT2D eigenvalue weighted by molar-refractivity contribution is 7.51. The Labute approximate surface area is 194 Å². The predicted octanol–water partition coefficient (Wildman–Crippen LogP) is 5.53. The van der Waals surface area contributed by atoms with Crippen LogP contribution in [0.15, 0.2) is 65.3 Å². The van der Waals surface area contributed by atoms with Crippen molar-refractivity contribution in [2.24, 2.45) is 0 Å². The van der Waals surface area contributed by atoms with Gasteiger partial charge in [-0.3, -0.25) is 4.57 Å². The largest absolute Gasteiger partial charge is 0.493 e. The molecule has 3 N–H and O–H groups in total. The van der Waals surface area contributed by atoms with E-state index in [0.29, 0.717) is 26.1 Å². The molecule has 1 heterocycles. The van der Waals surface area contributed by atoms with E-state index in [4.69, 9.17) is 18.9 Å². The maximum Gasteiger partial charge on any atom is 0.325 e. The second-order valence-corrected chi connectivity index (χ2v) is 9.79. The summed E-state index contributed by atoms with van der Waals surface area (Å²) in [6, 6.07) is 16.3. The second kappa shape index (κ2) is 12.7. The number of ether oxygens (including phenoxy) is 1. The predicted molar refractivity (Wildman–Crippen MR) is 127 cm³/mol. The molecule has 0 spiro atoms. The molecule has 33 heavy (non-hydrogen) atoms. The van der Waals surface area contributed by atoms with Crippen LogP contribution in [-0.4, -0.2) is 29.1 Å².